The van der Waals surface area contributed by atoms with E-state index in [1.54, 1.807) is 24.5 Å². The summed E-state index contributed by atoms with van der Waals surface area (Å²) >= 11 is 6.31. The minimum absolute atomic E-state index is 0.282. The maximum Gasteiger partial charge on any atom is 0.286 e. The van der Waals surface area contributed by atoms with Crippen molar-refractivity contribution in [2.75, 3.05) is 0 Å². The topological polar surface area (TPSA) is 52.7 Å². The van der Waals surface area contributed by atoms with E-state index in [0.717, 1.165) is 5.56 Å². The van der Waals surface area contributed by atoms with Crippen molar-refractivity contribution < 1.29 is 4.39 Å². The van der Waals surface area contributed by atoms with Crippen molar-refractivity contribution in [3.05, 3.63) is 87.4 Å². The lowest BCUT2D eigenvalue weighted by molar-refractivity contribution is 0.627. The summed E-state index contributed by atoms with van der Waals surface area (Å²) in [5.41, 5.74) is 1.90. The number of hydrogen-bond donors (Lipinski definition) is 0. The summed E-state index contributed by atoms with van der Waals surface area (Å²) < 4.78 is 16.7. The SMILES string of the molecule is CCn1cnc2c(=O)n(-c3ccc(F)cc3)c(Cc3ccccc3Cl)nc21. The minimum atomic E-state index is -0.372. The van der Waals surface area contributed by atoms with Crippen molar-refractivity contribution in [2.45, 2.75) is 19.9 Å². The Kier molecular flexibility index (Phi) is 4.49. The number of hydrogen-bond acceptors (Lipinski definition) is 3. The Bertz CT molecular complexity index is 1180. The molecule has 0 aliphatic rings. The van der Waals surface area contributed by atoms with Crippen molar-refractivity contribution in [2.24, 2.45) is 0 Å². The molecular formula is C20H16ClFN4O. The second kappa shape index (κ2) is 6.96. The molecule has 0 fully saturated rings. The molecule has 0 atom stereocenters. The van der Waals surface area contributed by atoms with E-state index in [2.05, 4.69) is 4.98 Å². The van der Waals surface area contributed by atoms with Crippen LogP contribution in [0.5, 0.6) is 0 Å². The molecule has 0 unspecified atom stereocenters. The molecular weight excluding hydrogens is 367 g/mol. The van der Waals surface area contributed by atoms with Crippen molar-refractivity contribution in [3.63, 3.8) is 0 Å². The highest BCUT2D eigenvalue weighted by molar-refractivity contribution is 6.31. The van der Waals surface area contributed by atoms with Gasteiger partial charge in [-0.15, -0.1) is 0 Å². The first kappa shape index (κ1) is 17.4. The molecule has 4 rings (SSSR count). The van der Waals surface area contributed by atoms with Crippen molar-refractivity contribution in [1.29, 1.82) is 0 Å². The first-order valence-corrected chi connectivity index (χ1v) is 8.92. The summed E-state index contributed by atoms with van der Waals surface area (Å²) in [6, 6.07) is 13.2. The lowest BCUT2D eigenvalue weighted by atomic mass is 10.1. The number of imidazole rings is 1. The lowest BCUT2D eigenvalue weighted by Crippen LogP contribution is -2.24. The molecule has 5 nitrogen and oxygen atoms in total. The Morgan fingerprint density at radius 1 is 1.11 bits per heavy atom. The number of halogens is 2. The summed E-state index contributed by atoms with van der Waals surface area (Å²) in [5.74, 6) is 0.145. The van der Waals surface area contributed by atoms with Crippen molar-refractivity contribution in [1.82, 2.24) is 19.1 Å². The third-order valence-corrected chi connectivity index (χ3v) is 4.81. The Hall–Kier alpha value is -2.99. The third-order valence-electron chi connectivity index (χ3n) is 4.44. The number of fused-ring (bicyclic) bond motifs is 1. The minimum Gasteiger partial charge on any atom is -0.315 e. The normalized spacial score (nSPS) is 11.2. The zero-order valence-corrected chi connectivity index (χ0v) is 15.3. The molecule has 0 N–H and O–H groups in total. The molecule has 0 bridgehead atoms. The van der Waals surface area contributed by atoms with Gasteiger partial charge in [-0.1, -0.05) is 29.8 Å². The first-order chi connectivity index (χ1) is 13.1. The molecule has 0 saturated carbocycles. The van der Waals surface area contributed by atoms with Gasteiger partial charge < -0.3 is 4.57 Å². The van der Waals surface area contributed by atoms with E-state index in [1.807, 2.05) is 29.7 Å². The Morgan fingerprint density at radius 3 is 2.56 bits per heavy atom. The summed E-state index contributed by atoms with van der Waals surface area (Å²) in [6.45, 7) is 2.61. The average Bonchev–Trinajstić information content (AvgIpc) is 3.08. The maximum absolute atomic E-state index is 13.4. The summed E-state index contributed by atoms with van der Waals surface area (Å²) in [6.07, 6.45) is 1.96. The zero-order valence-electron chi connectivity index (χ0n) is 14.6. The van der Waals surface area contributed by atoms with Gasteiger partial charge in [-0.2, -0.15) is 0 Å². The van der Waals surface area contributed by atoms with Crippen LogP contribution in [-0.2, 0) is 13.0 Å². The summed E-state index contributed by atoms with van der Waals surface area (Å²) in [7, 11) is 0. The predicted molar refractivity (Wildman–Crippen MR) is 103 cm³/mol. The van der Waals surface area contributed by atoms with Gasteiger partial charge in [0.05, 0.1) is 12.0 Å². The quantitative estimate of drug-likeness (QED) is 0.536. The first-order valence-electron chi connectivity index (χ1n) is 8.54. The predicted octanol–water partition coefficient (Wildman–Crippen LogP) is 3.99. The second-order valence-corrected chi connectivity index (χ2v) is 6.52. The molecule has 4 aromatic rings. The molecule has 0 saturated heterocycles. The van der Waals surface area contributed by atoms with E-state index >= 15 is 0 Å². The van der Waals surface area contributed by atoms with E-state index < -0.39 is 0 Å². The Labute approximate surface area is 159 Å². The third kappa shape index (κ3) is 3.13. The van der Waals surface area contributed by atoms with Crippen LogP contribution in [0.15, 0.2) is 59.7 Å². The van der Waals surface area contributed by atoms with Crippen molar-refractivity contribution >= 4 is 22.8 Å². The number of aryl methyl sites for hydroxylation is 1. The van der Waals surface area contributed by atoms with Gasteiger partial charge in [-0.05, 0) is 42.8 Å². The molecule has 2 aromatic carbocycles. The van der Waals surface area contributed by atoms with E-state index in [4.69, 9.17) is 16.6 Å². The van der Waals surface area contributed by atoms with Crippen LogP contribution in [0, 0.1) is 5.82 Å². The van der Waals surface area contributed by atoms with E-state index in [-0.39, 0.29) is 16.9 Å². The maximum atomic E-state index is 13.4. The summed E-state index contributed by atoms with van der Waals surface area (Å²) in [5, 5.41) is 0.599. The van der Waals surface area contributed by atoms with Crippen LogP contribution >= 0.6 is 11.6 Å². The van der Waals surface area contributed by atoms with Crippen LogP contribution in [0.2, 0.25) is 5.02 Å². The molecule has 0 amide bonds. The molecule has 2 heterocycles. The van der Waals surface area contributed by atoms with Gasteiger partial charge in [0, 0.05) is 18.0 Å². The Morgan fingerprint density at radius 2 is 1.85 bits per heavy atom. The Balaban J connectivity index is 1.98. The van der Waals surface area contributed by atoms with Gasteiger partial charge >= 0.3 is 0 Å². The monoisotopic (exact) mass is 382 g/mol. The van der Waals surface area contributed by atoms with Crippen LogP contribution < -0.4 is 5.56 Å². The van der Waals surface area contributed by atoms with Crippen LogP contribution in [0.3, 0.4) is 0 Å². The van der Waals surface area contributed by atoms with E-state index in [9.17, 15) is 9.18 Å². The number of nitrogens with zero attached hydrogens (tertiary/aromatic N) is 4. The highest BCUT2D eigenvalue weighted by atomic mass is 35.5. The van der Waals surface area contributed by atoms with Crippen LogP contribution in [0.4, 0.5) is 4.39 Å². The van der Waals surface area contributed by atoms with Gasteiger partial charge in [-0.3, -0.25) is 9.36 Å². The molecule has 0 radical (unpaired) electrons. The number of aromatic nitrogens is 4. The molecule has 7 heteroatoms. The molecule has 2 aromatic heterocycles. The van der Waals surface area contributed by atoms with Crippen molar-refractivity contribution in [3.8, 4) is 5.69 Å². The van der Waals surface area contributed by atoms with E-state index in [1.165, 1.54) is 16.7 Å². The highest BCUT2D eigenvalue weighted by Gasteiger charge is 2.17. The molecule has 0 spiro atoms. The van der Waals surface area contributed by atoms with E-state index in [0.29, 0.717) is 35.1 Å². The highest BCUT2D eigenvalue weighted by Crippen LogP contribution is 2.20. The molecule has 27 heavy (non-hydrogen) atoms. The zero-order chi connectivity index (χ0) is 19.0. The van der Waals surface area contributed by atoms with Crippen LogP contribution in [-0.4, -0.2) is 19.1 Å². The fraction of sp³-hybridized carbons (Fsp3) is 0.150. The van der Waals surface area contributed by atoms with Gasteiger partial charge in [0.1, 0.15) is 11.6 Å². The van der Waals surface area contributed by atoms with Gasteiger partial charge in [0.2, 0.25) is 0 Å². The van der Waals surface area contributed by atoms with Gasteiger partial charge in [0.15, 0.2) is 11.2 Å². The largest absolute Gasteiger partial charge is 0.315 e. The average molecular weight is 383 g/mol. The van der Waals surface area contributed by atoms with Gasteiger partial charge in [0.25, 0.3) is 5.56 Å². The second-order valence-electron chi connectivity index (χ2n) is 6.12. The molecule has 0 aliphatic carbocycles. The fourth-order valence-corrected chi connectivity index (χ4v) is 3.26. The van der Waals surface area contributed by atoms with Crippen LogP contribution in [0.25, 0.3) is 16.9 Å². The smallest absolute Gasteiger partial charge is 0.286 e. The molecule has 136 valence electrons. The summed E-state index contributed by atoms with van der Waals surface area (Å²) in [4.78, 5) is 22.1. The van der Waals surface area contributed by atoms with Crippen LogP contribution in [0.1, 0.15) is 18.3 Å². The molecule has 0 aliphatic heterocycles. The fourth-order valence-electron chi connectivity index (χ4n) is 3.06. The standard InChI is InChI=1S/C20H16ClFN4O/c1-2-25-12-23-18-19(25)24-17(11-13-5-3-4-6-16(13)21)26(20(18)27)15-9-7-14(22)8-10-15/h3-10,12H,2,11H2,1H3. The number of rotatable bonds is 4. The number of benzene rings is 2. The van der Waals surface area contributed by atoms with Gasteiger partial charge in [-0.25, -0.2) is 14.4 Å². The lowest BCUT2D eigenvalue weighted by Gasteiger charge is -2.13.